The first-order chi connectivity index (χ1) is 16.6. The molecule has 0 aliphatic rings. The molecule has 0 saturated carbocycles. The molecule has 0 aromatic heterocycles. The van der Waals surface area contributed by atoms with Gasteiger partial charge in [0.1, 0.15) is 6.17 Å². The van der Waals surface area contributed by atoms with Crippen molar-refractivity contribution in [1.29, 1.82) is 0 Å². The van der Waals surface area contributed by atoms with Crippen LogP contribution in [-0.2, 0) is 17.5 Å². The van der Waals surface area contributed by atoms with Crippen LogP contribution in [0.3, 0.4) is 0 Å². The number of hydrogen-bond acceptors (Lipinski definition) is 3. The van der Waals surface area contributed by atoms with Gasteiger partial charge in [-0.1, -0.05) is 38.3 Å². The van der Waals surface area contributed by atoms with Crippen LogP contribution >= 0.6 is 0 Å². The molecule has 2 N–H and O–H groups in total. The van der Waals surface area contributed by atoms with Crippen molar-refractivity contribution in [3.63, 3.8) is 0 Å². The van der Waals surface area contributed by atoms with E-state index in [1.807, 2.05) is 25.7 Å². The minimum Gasteiger partial charge on any atom is -0.381 e. The number of unbranched alkanes of at least 4 members (excludes halogenated alkanes) is 2. The Morgan fingerprint density at radius 2 is 1.63 bits per heavy atom. The van der Waals surface area contributed by atoms with Crippen molar-refractivity contribution >= 4 is 23.0 Å². The topological polar surface area (TPSA) is 44.4 Å². The summed E-state index contributed by atoms with van der Waals surface area (Å²) in [5.41, 5.74) is 1.62. The Hall–Kier alpha value is -2.84. The number of hydrogen-bond donors (Lipinski definition) is 2. The third-order valence-electron chi connectivity index (χ3n) is 5.79. The molecule has 2 aromatic rings. The number of benzene rings is 2. The van der Waals surface area contributed by atoms with Gasteiger partial charge in [0.05, 0.1) is 16.9 Å². The normalized spacial score (nSPS) is 13.3. The Kier molecular flexibility index (Phi) is 10.8. The highest BCUT2D eigenvalue weighted by molar-refractivity contribution is 5.98. The highest BCUT2D eigenvalue weighted by Gasteiger charge is 2.30. The van der Waals surface area contributed by atoms with Gasteiger partial charge in [0.25, 0.3) is 5.91 Å². The van der Waals surface area contributed by atoms with Crippen LogP contribution in [0, 0.1) is 0 Å². The van der Waals surface area contributed by atoms with Crippen LogP contribution in [0.2, 0.25) is 0 Å². The van der Waals surface area contributed by atoms with Crippen molar-refractivity contribution in [3.05, 3.63) is 53.6 Å². The fraction of sp³-hybridized carbons (Fsp3) is 0.500. The SMILES string of the molecule is CCCCC[C@@H](F)[C@H](F)C(=O)Nc1ccc(NCc2ccc(C(F)(F)F)cc2)cc1N(CC)CC. The van der Waals surface area contributed by atoms with Crippen LogP contribution in [0.4, 0.5) is 39.0 Å². The van der Waals surface area contributed by atoms with E-state index in [-0.39, 0.29) is 13.0 Å². The molecule has 194 valence electrons. The van der Waals surface area contributed by atoms with E-state index in [0.717, 1.165) is 25.0 Å². The maximum atomic E-state index is 14.4. The van der Waals surface area contributed by atoms with Gasteiger partial charge in [-0.2, -0.15) is 13.2 Å². The highest BCUT2D eigenvalue weighted by atomic mass is 19.4. The molecule has 0 fully saturated rings. The van der Waals surface area contributed by atoms with E-state index < -0.39 is 30.0 Å². The second-order valence-electron chi connectivity index (χ2n) is 8.36. The molecule has 2 rings (SSSR count). The zero-order valence-corrected chi connectivity index (χ0v) is 20.4. The third kappa shape index (κ3) is 8.40. The number of amides is 1. The maximum absolute atomic E-state index is 14.4. The number of nitrogens with zero attached hydrogens (tertiary/aromatic N) is 1. The largest absolute Gasteiger partial charge is 0.416 e. The molecule has 0 aliphatic carbocycles. The molecule has 9 heteroatoms. The van der Waals surface area contributed by atoms with Crippen molar-refractivity contribution < 1.29 is 26.7 Å². The van der Waals surface area contributed by atoms with Crippen molar-refractivity contribution in [2.45, 2.75) is 71.5 Å². The first-order valence-corrected chi connectivity index (χ1v) is 12.0. The van der Waals surface area contributed by atoms with E-state index in [0.29, 0.717) is 42.1 Å². The molecule has 2 atom stereocenters. The van der Waals surface area contributed by atoms with Gasteiger partial charge in [-0.25, -0.2) is 8.78 Å². The average Bonchev–Trinajstić information content (AvgIpc) is 2.84. The first-order valence-electron chi connectivity index (χ1n) is 12.0. The molecule has 0 aliphatic heterocycles. The zero-order chi connectivity index (χ0) is 26.0. The molecule has 0 radical (unpaired) electrons. The van der Waals surface area contributed by atoms with Crippen molar-refractivity contribution in [3.8, 4) is 0 Å². The summed E-state index contributed by atoms with van der Waals surface area (Å²) >= 11 is 0. The van der Waals surface area contributed by atoms with Gasteiger partial charge in [-0.15, -0.1) is 0 Å². The summed E-state index contributed by atoms with van der Waals surface area (Å²) < 4.78 is 66.8. The lowest BCUT2D eigenvalue weighted by Crippen LogP contribution is -2.33. The lowest BCUT2D eigenvalue weighted by Gasteiger charge is -2.26. The lowest BCUT2D eigenvalue weighted by molar-refractivity contribution is -0.137. The van der Waals surface area contributed by atoms with Crippen molar-refractivity contribution in [2.75, 3.05) is 28.6 Å². The molecular formula is C26H34F5N3O. The number of halogens is 5. The molecule has 0 bridgehead atoms. The van der Waals surface area contributed by atoms with Gasteiger partial charge < -0.3 is 15.5 Å². The molecule has 0 unspecified atom stereocenters. The van der Waals surface area contributed by atoms with E-state index in [2.05, 4.69) is 10.6 Å². The van der Waals surface area contributed by atoms with Crippen LogP contribution < -0.4 is 15.5 Å². The molecule has 4 nitrogen and oxygen atoms in total. The molecule has 35 heavy (non-hydrogen) atoms. The van der Waals surface area contributed by atoms with Gasteiger partial charge in [0.2, 0.25) is 6.17 Å². The minimum absolute atomic E-state index is 0.00185. The van der Waals surface area contributed by atoms with Gasteiger partial charge >= 0.3 is 6.18 Å². The Bertz CT molecular complexity index is 930. The molecule has 2 aromatic carbocycles. The average molecular weight is 500 g/mol. The number of nitrogens with one attached hydrogen (secondary N) is 2. The summed E-state index contributed by atoms with van der Waals surface area (Å²) in [4.78, 5) is 14.4. The maximum Gasteiger partial charge on any atom is 0.416 e. The molecule has 1 amide bonds. The highest BCUT2D eigenvalue weighted by Crippen LogP contribution is 2.31. The summed E-state index contributed by atoms with van der Waals surface area (Å²) in [6.07, 6.45) is -6.32. The zero-order valence-electron chi connectivity index (χ0n) is 20.4. The quantitative estimate of drug-likeness (QED) is 0.224. The predicted molar refractivity (Wildman–Crippen MR) is 131 cm³/mol. The number of rotatable bonds is 13. The van der Waals surface area contributed by atoms with Gasteiger partial charge in [0.15, 0.2) is 0 Å². The molecular weight excluding hydrogens is 465 g/mol. The van der Waals surface area contributed by atoms with Crippen LogP contribution in [0.1, 0.15) is 57.6 Å². The van der Waals surface area contributed by atoms with E-state index in [4.69, 9.17) is 0 Å². The predicted octanol–water partition coefficient (Wildman–Crippen LogP) is 7.36. The number of carbonyl (C=O) groups is 1. The Labute approximate surface area is 203 Å². The summed E-state index contributed by atoms with van der Waals surface area (Å²) in [6.45, 7) is 7.34. The summed E-state index contributed by atoms with van der Waals surface area (Å²) in [5, 5.41) is 5.68. The second-order valence-corrected chi connectivity index (χ2v) is 8.36. The first kappa shape index (κ1) is 28.4. The lowest BCUT2D eigenvalue weighted by atomic mass is 10.1. The van der Waals surface area contributed by atoms with E-state index in [1.54, 1.807) is 18.2 Å². The van der Waals surface area contributed by atoms with Gasteiger partial charge in [0, 0.05) is 25.3 Å². The molecule has 0 spiro atoms. The van der Waals surface area contributed by atoms with Crippen LogP contribution in [0.15, 0.2) is 42.5 Å². The van der Waals surface area contributed by atoms with Crippen molar-refractivity contribution in [2.24, 2.45) is 0 Å². The Balaban J connectivity index is 2.13. The van der Waals surface area contributed by atoms with Crippen LogP contribution in [-0.4, -0.2) is 31.3 Å². The standard InChI is InChI=1S/C26H34F5N3O/c1-4-7-8-9-21(27)24(28)25(35)33-22-15-14-20(16-23(22)34(5-2)6-3)32-17-18-10-12-19(13-11-18)26(29,30)31/h10-16,21,24,32H,4-9,17H2,1-3H3,(H,33,35)/t21-,24+/m1/s1. The van der Waals surface area contributed by atoms with Crippen molar-refractivity contribution in [1.82, 2.24) is 0 Å². The third-order valence-corrected chi connectivity index (χ3v) is 5.79. The number of carbonyl (C=O) groups excluding carboxylic acids is 1. The fourth-order valence-electron chi connectivity index (χ4n) is 3.69. The van der Waals surface area contributed by atoms with E-state index >= 15 is 0 Å². The molecule has 0 saturated heterocycles. The Morgan fingerprint density at radius 1 is 0.971 bits per heavy atom. The number of anilines is 3. The van der Waals surface area contributed by atoms with E-state index in [9.17, 15) is 26.7 Å². The Morgan fingerprint density at radius 3 is 2.20 bits per heavy atom. The second kappa shape index (κ2) is 13.3. The summed E-state index contributed by atoms with van der Waals surface area (Å²) in [5.74, 6) is -1.02. The van der Waals surface area contributed by atoms with Gasteiger partial charge in [-0.05, 0) is 56.2 Å². The summed E-state index contributed by atoms with van der Waals surface area (Å²) in [6, 6.07) is 9.94. The van der Waals surface area contributed by atoms with Crippen LogP contribution in [0.25, 0.3) is 0 Å². The molecule has 0 heterocycles. The minimum atomic E-state index is -4.39. The van der Waals surface area contributed by atoms with Crippen LogP contribution in [0.5, 0.6) is 0 Å². The van der Waals surface area contributed by atoms with E-state index in [1.165, 1.54) is 12.1 Å². The monoisotopic (exact) mass is 499 g/mol. The summed E-state index contributed by atoms with van der Waals surface area (Å²) in [7, 11) is 0. The smallest absolute Gasteiger partial charge is 0.381 e. The fourth-order valence-corrected chi connectivity index (χ4v) is 3.69. The van der Waals surface area contributed by atoms with Gasteiger partial charge in [-0.3, -0.25) is 4.79 Å². The number of alkyl halides is 5.